The van der Waals surface area contributed by atoms with E-state index in [4.69, 9.17) is 4.74 Å². The van der Waals surface area contributed by atoms with Crippen molar-refractivity contribution in [3.05, 3.63) is 59.7 Å². The van der Waals surface area contributed by atoms with Gasteiger partial charge in [-0.05, 0) is 98.2 Å². The molecule has 0 spiro atoms. The van der Waals surface area contributed by atoms with Gasteiger partial charge < -0.3 is 20.1 Å². The average molecular weight is 477 g/mol. The number of carbonyl (C=O) groups excluding carboxylic acids is 3. The van der Waals surface area contributed by atoms with E-state index in [2.05, 4.69) is 15.4 Å². The number of ether oxygens (including phenoxy) is 2. The Balaban J connectivity index is 1.12. The molecule has 6 rings (SSSR count). The molecule has 7 nitrogen and oxygen atoms in total. The maximum atomic E-state index is 13.2. The highest BCUT2D eigenvalue weighted by Gasteiger charge is 2.54. The first kappa shape index (κ1) is 23.4. The number of amides is 2. The van der Waals surface area contributed by atoms with Crippen molar-refractivity contribution >= 4 is 23.5 Å². The normalized spacial score (nSPS) is 26.1. The molecule has 0 aliphatic heterocycles. The average Bonchev–Trinajstić information content (AvgIpc) is 2.86. The fraction of sp³-hybridized carbons (Fsp3) is 0.464. The molecule has 2 amide bonds. The predicted octanol–water partition coefficient (Wildman–Crippen LogP) is 4.32. The molecule has 0 heterocycles. The van der Waals surface area contributed by atoms with Crippen LogP contribution in [0.5, 0.6) is 5.75 Å². The molecule has 2 aromatic rings. The van der Waals surface area contributed by atoms with E-state index in [0.717, 1.165) is 42.6 Å². The predicted molar refractivity (Wildman–Crippen MR) is 131 cm³/mol. The molecule has 0 saturated heterocycles. The van der Waals surface area contributed by atoms with Gasteiger partial charge in [0.2, 0.25) is 5.91 Å². The van der Waals surface area contributed by atoms with E-state index in [9.17, 15) is 14.4 Å². The zero-order valence-electron chi connectivity index (χ0n) is 20.0. The lowest BCUT2D eigenvalue weighted by Crippen LogP contribution is -2.53. The van der Waals surface area contributed by atoms with Crippen molar-refractivity contribution in [2.45, 2.75) is 45.1 Å². The fourth-order valence-electron chi connectivity index (χ4n) is 6.57. The number of hydrogen-bond acceptors (Lipinski definition) is 5. The van der Waals surface area contributed by atoms with Crippen molar-refractivity contribution < 1.29 is 23.9 Å². The fourth-order valence-corrected chi connectivity index (χ4v) is 6.57. The van der Waals surface area contributed by atoms with Crippen LogP contribution in [-0.2, 0) is 20.9 Å². The van der Waals surface area contributed by atoms with Crippen molar-refractivity contribution in [1.29, 1.82) is 0 Å². The quantitative estimate of drug-likeness (QED) is 0.554. The van der Waals surface area contributed by atoms with Gasteiger partial charge in [-0.1, -0.05) is 12.1 Å². The standard InChI is InChI=1S/C28H32N2O5/c1-34-25(31)17-35-24-8-6-23(7-9-24)30-26(32)22-4-2-18(3-5-22)16-29-27(33)28-13-19-10-20(14-28)12-21(11-19)15-28/h2-9,19-21H,10-17H2,1H3,(H,29,33)(H,30,32). The first-order valence-corrected chi connectivity index (χ1v) is 12.4. The van der Waals surface area contributed by atoms with Gasteiger partial charge in [0.25, 0.3) is 5.91 Å². The molecular weight excluding hydrogens is 444 g/mol. The summed E-state index contributed by atoms with van der Waals surface area (Å²) in [7, 11) is 1.30. The van der Waals surface area contributed by atoms with Gasteiger partial charge in [-0.3, -0.25) is 9.59 Å². The zero-order chi connectivity index (χ0) is 24.4. The van der Waals surface area contributed by atoms with Crippen molar-refractivity contribution in [3.8, 4) is 5.75 Å². The number of benzene rings is 2. The van der Waals surface area contributed by atoms with E-state index in [-0.39, 0.29) is 23.8 Å². The Hall–Kier alpha value is -3.35. The number of nitrogens with one attached hydrogen (secondary N) is 2. The topological polar surface area (TPSA) is 93.7 Å². The summed E-state index contributed by atoms with van der Waals surface area (Å²) in [4.78, 5) is 36.9. The number of anilines is 1. The Morgan fingerprint density at radius 2 is 1.49 bits per heavy atom. The maximum Gasteiger partial charge on any atom is 0.343 e. The lowest BCUT2D eigenvalue weighted by Gasteiger charge is -2.55. The van der Waals surface area contributed by atoms with Gasteiger partial charge in [0.05, 0.1) is 7.11 Å². The molecule has 0 radical (unpaired) electrons. The minimum Gasteiger partial charge on any atom is -0.482 e. The zero-order valence-corrected chi connectivity index (χ0v) is 20.0. The third-order valence-electron chi connectivity index (χ3n) is 7.89. The van der Waals surface area contributed by atoms with Crippen molar-refractivity contribution in [2.75, 3.05) is 19.0 Å². The Morgan fingerprint density at radius 3 is 2.06 bits per heavy atom. The highest BCUT2D eigenvalue weighted by atomic mass is 16.6. The Morgan fingerprint density at radius 1 is 0.886 bits per heavy atom. The van der Waals surface area contributed by atoms with Crippen molar-refractivity contribution in [2.24, 2.45) is 23.2 Å². The van der Waals surface area contributed by atoms with E-state index in [0.29, 0.717) is 23.5 Å². The summed E-state index contributed by atoms with van der Waals surface area (Å²) in [5.74, 6) is 2.27. The lowest BCUT2D eigenvalue weighted by atomic mass is 9.49. The summed E-state index contributed by atoms with van der Waals surface area (Å²) in [6.45, 7) is 0.313. The second kappa shape index (κ2) is 9.72. The molecule has 4 bridgehead atoms. The SMILES string of the molecule is COC(=O)COc1ccc(NC(=O)c2ccc(CNC(=O)C34CC5CC(CC(C5)C3)C4)cc2)cc1. The molecule has 4 saturated carbocycles. The second-order valence-corrected chi connectivity index (χ2v) is 10.4. The molecule has 4 aliphatic carbocycles. The van der Waals surface area contributed by atoms with Crippen LogP contribution in [0.2, 0.25) is 0 Å². The first-order chi connectivity index (χ1) is 16.9. The summed E-state index contributed by atoms with van der Waals surface area (Å²) in [6, 6.07) is 14.1. The van der Waals surface area contributed by atoms with Crippen LogP contribution in [0.4, 0.5) is 5.69 Å². The van der Waals surface area contributed by atoms with Gasteiger partial charge in [-0.15, -0.1) is 0 Å². The number of hydrogen-bond donors (Lipinski definition) is 2. The number of methoxy groups -OCH3 is 1. The van der Waals surface area contributed by atoms with Crippen LogP contribution in [0.15, 0.2) is 48.5 Å². The summed E-state index contributed by atoms with van der Waals surface area (Å²) in [5.41, 5.74) is 1.99. The number of carbonyl (C=O) groups is 3. The van der Waals surface area contributed by atoms with Gasteiger partial charge in [0.15, 0.2) is 6.61 Å². The van der Waals surface area contributed by atoms with Gasteiger partial charge in [-0.2, -0.15) is 0 Å². The lowest BCUT2D eigenvalue weighted by molar-refractivity contribution is -0.146. The maximum absolute atomic E-state index is 13.2. The summed E-state index contributed by atoms with van der Waals surface area (Å²) < 4.78 is 9.85. The van der Waals surface area contributed by atoms with E-state index >= 15 is 0 Å². The minimum absolute atomic E-state index is 0.144. The largest absolute Gasteiger partial charge is 0.482 e. The smallest absolute Gasteiger partial charge is 0.343 e. The van der Waals surface area contributed by atoms with Crippen LogP contribution in [0.3, 0.4) is 0 Å². The molecule has 4 fully saturated rings. The Bertz CT molecular complexity index is 1060. The molecule has 0 aromatic heterocycles. The third kappa shape index (κ3) is 5.19. The van der Waals surface area contributed by atoms with E-state index in [1.807, 2.05) is 12.1 Å². The summed E-state index contributed by atoms with van der Waals surface area (Å²) in [5, 5.41) is 6.04. The molecule has 4 aliphatic rings. The third-order valence-corrected chi connectivity index (χ3v) is 7.89. The molecule has 2 N–H and O–H groups in total. The monoisotopic (exact) mass is 476 g/mol. The molecule has 0 unspecified atom stereocenters. The van der Waals surface area contributed by atoms with Crippen LogP contribution in [0.25, 0.3) is 0 Å². The van der Waals surface area contributed by atoms with Gasteiger partial charge in [0.1, 0.15) is 5.75 Å². The van der Waals surface area contributed by atoms with Crippen LogP contribution < -0.4 is 15.4 Å². The highest BCUT2D eigenvalue weighted by molar-refractivity contribution is 6.04. The number of esters is 1. The molecule has 184 valence electrons. The molecule has 0 atom stereocenters. The molecule has 2 aromatic carbocycles. The molecule has 35 heavy (non-hydrogen) atoms. The first-order valence-electron chi connectivity index (χ1n) is 12.4. The van der Waals surface area contributed by atoms with E-state index in [1.165, 1.54) is 26.4 Å². The summed E-state index contributed by atoms with van der Waals surface area (Å²) >= 11 is 0. The summed E-state index contributed by atoms with van der Waals surface area (Å²) in [6.07, 6.45) is 7.14. The Labute approximate surface area is 205 Å². The van der Waals surface area contributed by atoms with Gasteiger partial charge >= 0.3 is 5.97 Å². The Kier molecular flexibility index (Phi) is 6.50. The van der Waals surface area contributed by atoms with Gasteiger partial charge in [-0.25, -0.2) is 4.79 Å². The van der Waals surface area contributed by atoms with Crippen LogP contribution in [-0.4, -0.2) is 31.5 Å². The van der Waals surface area contributed by atoms with Crippen LogP contribution in [0.1, 0.15) is 54.4 Å². The van der Waals surface area contributed by atoms with Crippen LogP contribution >= 0.6 is 0 Å². The number of rotatable bonds is 8. The minimum atomic E-state index is -0.460. The second-order valence-electron chi connectivity index (χ2n) is 10.4. The van der Waals surface area contributed by atoms with E-state index in [1.54, 1.807) is 36.4 Å². The highest BCUT2D eigenvalue weighted by Crippen LogP contribution is 2.60. The molecule has 7 heteroatoms. The van der Waals surface area contributed by atoms with E-state index < -0.39 is 5.97 Å². The molecular formula is C28H32N2O5. The van der Waals surface area contributed by atoms with Crippen molar-refractivity contribution in [3.63, 3.8) is 0 Å². The van der Waals surface area contributed by atoms with Crippen LogP contribution in [0, 0.1) is 23.2 Å². The van der Waals surface area contributed by atoms with Crippen molar-refractivity contribution in [1.82, 2.24) is 5.32 Å². The van der Waals surface area contributed by atoms with Gasteiger partial charge in [0, 0.05) is 23.2 Å².